The lowest BCUT2D eigenvalue weighted by atomic mass is 10.0. The van der Waals surface area contributed by atoms with E-state index in [0.29, 0.717) is 25.7 Å². The fourth-order valence-corrected chi connectivity index (χ4v) is 7.11. The molecule has 0 saturated heterocycles. The maximum absolute atomic E-state index is 12.7. The van der Waals surface area contributed by atoms with E-state index in [-0.39, 0.29) is 31.1 Å². The minimum absolute atomic E-state index is 0.0838. The monoisotopic (exact) mass is 815 g/mol. The lowest BCUT2D eigenvalue weighted by Gasteiger charge is -2.18. The van der Waals surface area contributed by atoms with Gasteiger partial charge in [0.05, 0.1) is 0 Å². The molecular formula is C52H94O6. The number of carbonyl (C=O) groups excluding carboxylic acids is 3. The summed E-state index contributed by atoms with van der Waals surface area (Å²) >= 11 is 0. The van der Waals surface area contributed by atoms with Gasteiger partial charge in [0.25, 0.3) is 0 Å². The molecule has 0 aliphatic carbocycles. The van der Waals surface area contributed by atoms with Crippen LogP contribution >= 0.6 is 0 Å². The highest BCUT2D eigenvalue weighted by molar-refractivity contribution is 5.71. The van der Waals surface area contributed by atoms with Gasteiger partial charge < -0.3 is 14.2 Å². The Bertz CT molecular complexity index is 984. The second-order valence-corrected chi connectivity index (χ2v) is 16.7. The van der Waals surface area contributed by atoms with Gasteiger partial charge in [-0.3, -0.25) is 14.4 Å². The highest BCUT2D eigenvalue weighted by Gasteiger charge is 2.19. The lowest BCUT2D eigenvalue weighted by molar-refractivity contribution is -0.167. The molecule has 0 radical (unpaired) electrons. The van der Waals surface area contributed by atoms with Crippen molar-refractivity contribution in [2.24, 2.45) is 0 Å². The standard InChI is InChI=1S/C52H94O6/c1-4-7-10-13-16-19-22-24-25-26-27-28-31-33-36-39-42-45-51(54)57-48-49(47-56-50(53)44-41-38-35-32-29-21-18-15-12-9-6-3)58-52(55)46-43-40-37-34-30-23-20-17-14-11-8-5-2/h24-25,27-28,33,36,49H,4-23,26,29-32,34-35,37-48H2,1-3H3/b25-24-,28-27-,36-33-/t49-/m0/s1. The van der Waals surface area contributed by atoms with E-state index in [1.54, 1.807) is 0 Å². The van der Waals surface area contributed by atoms with E-state index < -0.39 is 6.10 Å². The first-order valence-corrected chi connectivity index (χ1v) is 25.0. The van der Waals surface area contributed by atoms with E-state index in [2.05, 4.69) is 57.2 Å². The Labute approximate surface area is 359 Å². The number of hydrogen-bond acceptors (Lipinski definition) is 6. The predicted octanol–water partition coefficient (Wildman–Crippen LogP) is 16.1. The van der Waals surface area contributed by atoms with Crippen molar-refractivity contribution in [2.45, 2.75) is 264 Å². The number of rotatable bonds is 45. The van der Waals surface area contributed by atoms with Crippen LogP contribution in [0.4, 0.5) is 0 Å². The molecule has 0 aromatic rings. The van der Waals surface area contributed by atoms with Crippen LogP contribution in [-0.2, 0) is 28.6 Å². The molecule has 6 heteroatoms. The molecule has 0 fully saturated rings. The van der Waals surface area contributed by atoms with Gasteiger partial charge in [-0.25, -0.2) is 0 Å². The lowest BCUT2D eigenvalue weighted by Crippen LogP contribution is -2.30. The zero-order valence-corrected chi connectivity index (χ0v) is 38.6. The number of ether oxygens (including phenoxy) is 3. The highest BCUT2D eigenvalue weighted by atomic mass is 16.6. The van der Waals surface area contributed by atoms with Gasteiger partial charge in [0.1, 0.15) is 13.2 Å². The van der Waals surface area contributed by atoms with E-state index >= 15 is 0 Å². The number of carbonyl (C=O) groups is 3. The van der Waals surface area contributed by atoms with Crippen molar-refractivity contribution in [3.8, 4) is 0 Å². The summed E-state index contributed by atoms with van der Waals surface area (Å²) < 4.78 is 16.7. The summed E-state index contributed by atoms with van der Waals surface area (Å²) in [6.45, 7) is 6.59. The third-order valence-electron chi connectivity index (χ3n) is 10.9. The molecule has 0 unspecified atom stereocenters. The zero-order valence-electron chi connectivity index (χ0n) is 38.6. The maximum Gasteiger partial charge on any atom is 0.306 e. The molecule has 0 amide bonds. The highest BCUT2D eigenvalue weighted by Crippen LogP contribution is 2.15. The topological polar surface area (TPSA) is 78.9 Å². The Kier molecular flexibility index (Phi) is 45.4. The summed E-state index contributed by atoms with van der Waals surface area (Å²) in [6, 6.07) is 0. The van der Waals surface area contributed by atoms with Gasteiger partial charge in [0.15, 0.2) is 6.10 Å². The molecule has 58 heavy (non-hydrogen) atoms. The van der Waals surface area contributed by atoms with Crippen LogP contribution in [0.15, 0.2) is 36.5 Å². The first-order valence-electron chi connectivity index (χ1n) is 25.0. The minimum Gasteiger partial charge on any atom is -0.462 e. The van der Waals surface area contributed by atoms with Crippen molar-refractivity contribution in [2.75, 3.05) is 13.2 Å². The fraction of sp³-hybridized carbons (Fsp3) is 0.827. The van der Waals surface area contributed by atoms with Crippen molar-refractivity contribution in [1.82, 2.24) is 0 Å². The summed E-state index contributed by atoms with van der Waals surface area (Å²) in [4.78, 5) is 37.8. The van der Waals surface area contributed by atoms with Crippen LogP contribution in [0, 0.1) is 0 Å². The molecular weight excluding hydrogens is 721 g/mol. The van der Waals surface area contributed by atoms with E-state index in [4.69, 9.17) is 14.2 Å². The first-order chi connectivity index (χ1) is 28.5. The average molecular weight is 815 g/mol. The molecule has 0 heterocycles. The average Bonchev–Trinajstić information content (AvgIpc) is 3.22. The summed E-state index contributed by atoms with van der Waals surface area (Å²) in [5, 5.41) is 0. The Morgan fingerprint density at radius 2 is 0.638 bits per heavy atom. The van der Waals surface area contributed by atoms with Gasteiger partial charge in [0, 0.05) is 19.3 Å². The van der Waals surface area contributed by atoms with E-state index in [1.807, 2.05) is 0 Å². The van der Waals surface area contributed by atoms with Crippen LogP contribution in [0.25, 0.3) is 0 Å². The van der Waals surface area contributed by atoms with Crippen molar-refractivity contribution in [1.29, 1.82) is 0 Å². The summed E-state index contributed by atoms with van der Waals surface area (Å²) in [6.07, 6.45) is 54.2. The van der Waals surface area contributed by atoms with Gasteiger partial charge in [-0.2, -0.15) is 0 Å². The maximum atomic E-state index is 12.7. The molecule has 0 saturated carbocycles. The number of allylic oxidation sites excluding steroid dienone is 6. The van der Waals surface area contributed by atoms with Gasteiger partial charge in [-0.15, -0.1) is 0 Å². The molecule has 0 spiro atoms. The van der Waals surface area contributed by atoms with Gasteiger partial charge in [-0.05, 0) is 51.4 Å². The van der Waals surface area contributed by atoms with Crippen LogP contribution < -0.4 is 0 Å². The van der Waals surface area contributed by atoms with Gasteiger partial charge >= 0.3 is 17.9 Å². The Balaban J connectivity index is 4.41. The van der Waals surface area contributed by atoms with Gasteiger partial charge in [0.2, 0.25) is 0 Å². The zero-order chi connectivity index (χ0) is 42.3. The molecule has 0 N–H and O–H groups in total. The van der Waals surface area contributed by atoms with Crippen LogP contribution in [0.3, 0.4) is 0 Å². The smallest absolute Gasteiger partial charge is 0.306 e. The van der Waals surface area contributed by atoms with Crippen LogP contribution in [-0.4, -0.2) is 37.2 Å². The molecule has 0 aromatic heterocycles. The third kappa shape index (κ3) is 44.7. The Morgan fingerprint density at radius 3 is 1.03 bits per heavy atom. The fourth-order valence-electron chi connectivity index (χ4n) is 7.11. The van der Waals surface area contributed by atoms with Crippen molar-refractivity contribution in [3.05, 3.63) is 36.5 Å². The van der Waals surface area contributed by atoms with Crippen molar-refractivity contribution in [3.63, 3.8) is 0 Å². The molecule has 338 valence electrons. The SMILES string of the molecule is CCCCCCCC/C=C\C/C=C\C/C=C\CCCC(=O)OC[C@H](COC(=O)CCCCCCCCCCCCC)OC(=O)CCCCCCCCCCCCCC. The molecule has 6 nitrogen and oxygen atoms in total. The normalized spacial score (nSPS) is 12.3. The van der Waals surface area contributed by atoms with E-state index in [0.717, 1.165) is 57.8 Å². The quantitative estimate of drug-likeness (QED) is 0.0264. The molecule has 0 aliphatic heterocycles. The van der Waals surface area contributed by atoms with Crippen molar-refractivity contribution < 1.29 is 28.6 Å². The van der Waals surface area contributed by atoms with Crippen LogP contribution in [0.2, 0.25) is 0 Å². The molecule has 0 rings (SSSR count). The van der Waals surface area contributed by atoms with Crippen molar-refractivity contribution >= 4 is 17.9 Å². The minimum atomic E-state index is -0.785. The van der Waals surface area contributed by atoms with Gasteiger partial charge in [-0.1, -0.05) is 224 Å². The van der Waals surface area contributed by atoms with E-state index in [9.17, 15) is 14.4 Å². The Morgan fingerprint density at radius 1 is 0.345 bits per heavy atom. The van der Waals surface area contributed by atoms with E-state index in [1.165, 1.54) is 154 Å². The summed E-state index contributed by atoms with van der Waals surface area (Å²) in [5.41, 5.74) is 0. The summed E-state index contributed by atoms with van der Waals surface area (Å²) in [5.74, 6) is -0.931. The summed E-state index contributed by atoms with van der Waals surface area (Å²) in [7, 11) is 0. The van der Waals surface area contributed by atoms with Crippen LogP contribution in [0.1, 0.15) is 258 Å². The molecule has 0 aliphatic rings. The number of hydrogen-bond donors (Lipinski definition) is 0. The molecule has 0 aromatic carbocycles. The number of esters is 3. The molecule has 0 bridgehead atoms. The second kappa shape index (κ2) is 47.3. The third-order valence-corrected chi connectivity index (χ3v) is 10.9. The first kappa shape index (κ1) is 55.6. The Hall–Kier alpha value is -2.37. The predicted molar refractivity (Wildman–Crippen MR) is 247 cm³/mol. The largest absolute Gasteiger partial charge is 0.462 e. The molecule has 1 atom stereocenters. The number of unbranched alkanes of at least 4 members (excludes halogenated alkanes) is 28. The second-order valence-electron chi connectivity index (χ2n) is 16.7. The van der Waals surface area contributed by atoms with Crippen LogP contribution in [0.5, 0.6) is 0 Å².